The van der Waals surface area contributed by atoms with Crippen molar-refractivity contribution in [3.8, 4) is 11.5 Å². The second kappa shape index (κ2) is 7.85. The van der Waals surface area contributed by atoms with E-state index in [4.69, 9.17) is 14.6 Å². The van der Waals surface area contributed by atoms with Crippen molar-refractivity contribution in [1.82, 2.24) is 4.90 Å². The van der Waals surface area contributed by atoms with Gasteiger partial charge < -0.3 is 19.5 Å². The van der Waals surface area contributed by atoms with Crippen LogP contribution in [0.1, 0.15) is 36.5 Å². The fourth-order valence-corrected chi connectivity index (χ4v) is 2.58. The summed E-state index contributed by atoms with van der Waals surface area (Å²) >= 11 is 0. The second-order valence-electron chi connectivity index (χ2n) is 5.64. The molecule has 0 aliphatic carbocycles. The Bertz CT molecular complexity index is 572. The standard InChI is InChI=1S/C17H23NO5/c1-3-4-9-23-14-6-5-12(10-15(14)22-2)16(19)18-8-7-13(11-18)17(20)21/h5-6,10,13H,3-4,7-9,11H2,1-2H3,(H,20,21). The molecule has 1 aromatic rings. The van der Waals surface area contributed by atoms with Gasteiger partial charge in [-0.1, -0.05) is 13.3 Å². The minimum atomic E-state index is -0.849. The Balaban J connectivity index is 2.08. The van der Waals surface area contributed by atoms with Crippen LogP contribution in [-0.2, 0) is 4.79 Å². The third-order valence-electron chi connectivity index (χ3n) is 3.99. The van der Waals surface area contributed by atoms with Crippen molar-refractivity contribution in [3.05, 3.63) is 23.8 Å². The third kappa shape index (κ3) is 4.15. The van der Waals surface area contributed by atoms with Crippen molar-refractivity contribution in [2.75, 3.05) is 26.8 Å². The Kier molecular flexibility index (Phi) is 5.84. The first-order valence-electron chi connectivity index (χ1n) is 7.89. The largest absolute Gasteiger partial charge is 0.493 e. The van der Waals surface area contributed by atoms with E-state index in [2.05, 4.69) is 6.92 Å². The molecule has 1 atom stereocenters. The lowest BCUT2D eigenvalue weighted by atomic mass is 10.1. The van der Waals surface area contributed by atoms with E-state index in [9.17, 15) is 9.59 Å². The van der Waals surface area contributed by atoms with Crippen LogP contribution >= 0.6 is 0 Å². The number of carboxylic acid groups (broad SMARTS) is 1. The molecule has 2 rings (SSSR count). The van der Waals surface area contributed by atoms with Crippen LogP contribution in [0.3, 0.4) is 0 Å². The molecule has 1 fully saturated rings. The molecular formula is C17H23NO5. The van der Waals surface area contributed by atoms with Crippen LogP contribution in [-0.4, -0.2) is 48.7 Å². The van der Waals surface area contributed by atoms with Gasteiger partial charge in [-0.05, 0) is 31.0 Å². The van der Waals surface area contributed by atoms with Gasteiger partial charge >= 0.3 is 5.97 Å². The van der Waals surface area contributed by atoms with Gasteiger partial charge in [0.25, 0.3) is 5.91 Å². The van der Waals surface area contributed by atoms with Crippen molar-refractivity contribution in [2.24, 2.45) is 5.92 Å². The minimum Gasteiger partial charge on any atom is -0.493 e. The molecule has 0 bridgehead atoms. The number of amides is 1. The number of ether oxygens (including phenoxy) is 2. The highest BCUT2D eigenvalue weighted by atomic mass is 16.5. The van der Waals surface area contributed by atoms with Gasteiger partial charge in [0.15, 0.2) is 11.5 Å². The third-order valence-corrected chi connectivity index (χ3v) is 3.99. The SMILES string of the molecule is CCCCOc1ccc(C(=O)N2CCC(C(=O)O)C2)cc1OC. The number of methoxy groups -OCH3 is 1. The molecule has 1 unspecified atom stereocenters. The maximum atomic E-state index is 12.5. The van der Waals surface area contributed by atoms with E-state index in [1.165, 1.54) is 7.11 Å². The smallest absolute Gasteiger partial charge is 0.308 e. The van der Waals surface area contributed by atoms with Gasteiger partial charge in [0.05, 0.1) is 19.6 Å². The average molecular weight is 321 g/mol. The monoisotopic (exact) mass is 321 g/mol. The van der Waals surface area contributed by atoms with Crippen molar-refractivity contribution in [3.63, 3.8) is 0 Å². The number of nitrogens with zero attached hydrogens (tertiary/aromatic N) is 1. The molecule has 0 saturated carbocycles. The zero-order chi connectivity index (χ0) is 16.8. The highest BCUT2D eigenvalue weighted by Crippen LogP contribution is 2.29. The molecule has 0 radical (unpaired) electrons. The molecule has 6 heteroatoms. The number of carbonyl (C=O) groups is 2. The second-order valence-corrected chi connectivity index (χ2v) is 5.64. The molecular weight excluding hydrogens is 298 g/mol. The zero-order valence-electron chi connectivity index (χ0n) is 13.6. The lowest BCUT2D eigenvalue weighted by molar-refractivity contribution is -0.141. The first-order valence-corrected chi connectivity index (χ1v) is 7.89. The molecule has 126 valence electrons. The number of rotatable bonds is 7. The Hall–Kier alpha value is -2.24. The number of benzene rings is 1. The number of hydrogen-bond donors (Lipinski definition) is 1. The maximum absolute atomic E-state index is 12.5. The molecule has 1 aromatic carbocycles. The van der Waals surface area contributed by atoms with Gasteiger partial charge in [0.2, 0.25) is 0 Å². The number of hydrogen-bond acceptors (Lipinski definition) is 4. The summed E-state index contributed by atoms with van der Waals surface area (Å²) in [6, 6.07) is 5.07. The van der Waals surface area contributed by atoms with E-state index >= 15 is 0 Å². The summed E-state index contributed by atoms with van der Waals surface area (Å²) < 4.78 is 10.9. The van der Waals surface area contributed by atoms with Gasteiger partial charge in [-0.3, -0.25) is 9.59 Å². The topological polar surface area (TPSA) is 76.1 Å². The van der Waals surface area contributed by atoms with Crippen LogP contribution < -0.4 is 9.47 Å². The number of aliphatic carboxylic acids is 1. The molecule has 0 aromatic heterocycles. The van der Waals surface area contributed by atoms with Crippen LogP contribution in [0.2, 0.25) is 0 Å². The molecule has 1 heterocycles. The van der Waals surface area contributed by atoms with E-state index in [1.807, 2.05) is 0 Å². The zero-order valence-corrected chi connectivity index (χ0v) is 13.6. The molecule has 1 aliphatic heterocycles. The fourth-order valence-electron chi connectivity index (χ4n) is 2.58. The van der Waals surface area contributed by atoms with Gasteiger partial charge in [0.1, 0.15) is 0 Å². The molecule has 1 amide bonds. The molecule has 0 spiro atoms. The molecule has 23 heavy (non-hydrogen) atoms. The lowest BCUT2D eigenvalue weighted by Gasteiger charge is -2.17. The quantitative estimate of drug-likeness (QED) is 0.781. The Morgan fingerprint density at radius 2 is 2.13 bits per heavy atom. The van der Waals surface area contributed by atoms with E-state index in [-0.39, 0.29) is 12.5 Å². The number of carboxylic acids is 1. The summed E-state index contributed by atoms with van der Waals surface area (Å²) in [7, 11) is 1.53. The summed E-state index contributed by atoms with van der Waals surface area (Å²) in [6.45, 7) is 3.41. The first-order chi connectivity index (χ1) is 11.1. The van der Waals surface area contributed by atoms with Crippen molar-refractivity contribution in [1.29, 1.82) is 0 Å². The maximum Gasteiger partial charge on any atom is 0.308 e. The normalized spacial score (nSPS) is 17.1. The average Bonchev–Trinajstić information content (AvgIpc) is 3.05. The van der Waals surface area contributed by atoms with Gasteiger partial charge in [0, 0.05) is 18.7 Å². The number of carbonyl (C=O) groups excluding carboxylic acids is 1. The summed E-state index contributed by atoms with van der Waals surface area (Å²) in [5.41, 5.74) is 0.482. The van der Waals surface area contributed by atoms with Crippen LogP contribution in [0.4, 0.5) is 0 Å². The predicted molar refractivity (Wildman–Crippen MR) is 85.0 cm³/mol. The van der Waals surface area contributed by atoms with Crippen LogP contribution in [0.25, 0.3) is 0 Å². The van der Waals surface area contributed by atoms with Crippen molar-refractivity contribution < 1.29 is 24.2 Å². The Morgan fingerprint density at radius 3 is 2.74 bits per heavy atom. The lowest BCUT2D eigenvalue weighted by Crippen LogP contribution is -2.29. The molecule has 1 aliphatic rings. The summed E-state index contributed by atoms with van der Waals surface area (Å²) in [6.07, 6.45) is 2.49. The van der Waals surface area contributed by atoms with Crippen LogP contribution in [0.15, 0.2) is 18.2 Å². The molecule has 6 nitrogen and oxygen atoms in total. The van der Waals surface area contributed by atoms with Gasteiger partial charge in [-0.15, -0.1) is 0 Å². The number of likely N-dealkylation sites (tertiary alicyclic amines) is 1. The highest BCUT2D eigenvalue weighted by Gasteiger charge is 2.31. The molecule has 1 N–H and O–H groups in total. The van der Waals surface area contributed by atoms with Crippen molar-refractivity contribution >= 4 is 11.9 Å². The Labute approximate surface area is 136 Å². The summed E-state index contributed by atoms with van der Waals surface area (Å²) in [4.78, 5) is 25.1. The molecule has 1 saturated heterocycles. The highest BCUT2D eigenvalue weighted by molar-refractivity contribution is 5.95. The van der Waals surface area contributed by atoms with E-state index in [1.54, 1.807) is 23.1 Å². The van der Waals surface area contributed by atoms with E-state index in [0.29, 0.717) is 36.6 Å². The van der Waals surface area contributed by atoms with E-state index < -0.39 is 11.9 Å². The number of unbranched alkanes of at least 4 members (excludes halogenated alkanes) is 1. The van der Waals surface area contributed by atoms with Crippen LogP contribution in [0, 0.1) is 5.92 Å². The van der Waals surface area contributed by atoms with Crippen molar-refractivity contribution in [2.45, 2.75) is 26.2 Å². The first kappa shape index (κ1) is 17.1. The van der Waals surface area contributed by atoms with Gasteiger partial charge in [-0.25, -0.2) is 0 Å². The Morgan fingerprint density at radius 1 is 1.35 bits per heavy atom. The summed E-state index contributed by atoms with van der Waals surface area (Å²) in [5.74, 6) is -0.370. The van der Waals surface area contributed by atoms with E-state index in [0.717, 1.165) is 12.8 Å². The predicted octanol–water partition coefficient (Wildman–Crippen LogP) is 2.42. The van der Waals surface area contributed by atoms with Gasteiger partial charge in [-0.2, -0.15) is 0 Å². The van der Waals surface area contributed by atoms with Crippen LogP contribution in [0.5, 0.6) is 11.5 Å². The minimum absolute atomic E-state index is 0.174. The summed E-state index contributed by atoms with van der Waals surface area (Å²) in [5, 5.41) is 9.03. The fraction of sp³-hybridized carbons (Fsp3) is 0.529.